The molecule has 0 radical (unpaired) electrons. The molecule has 1 aliphatic carbocycles. The van der Waals surface area contributed by atoms with Crippen molar-refractivity contribution in [1.82, 2.24) is 0 Å². The third-order valence-electron chi connectivity index (χ3n) is 2.88. The molecule has 0 aromatic heterocycles. The molecule has 0 amide bonds. The van der Waals surface area contributed by atoms with Crippen LogP contribution in [0.2, 0.25) is 0 Å². The lowest BCUT2D eigenvalue weighted by Crippen LogP contribution is -2.02. The summed E-state index contributed by atoms with van der Waals surface area (Å²) in [5, 5.41) is 0. The molecule has 0 saturated carbocycles. The second-order valence-corrected chi connectivity index (χ2v) is 3.77. The number of ketones is 1. The van der Waals surface area contributed by atoms with Crippen LogP contribution < -0.4 is 0 Å². The van der Waals surface area contributed by atoms with Gasteiger partial charge >= 0.3 is 0 Å². The van der Waals surface area contributed by atoms with E-state index in [0.29, 0.717) is 5.78 Å². The van der Waals surface area contributed by atoms with E-state index in [4.69, 9.17) is 0 Å². The van der Waals surface area contributed by atoms with E-state index >= 15 is 0 Å². The van der Waals surface area contributed by atoms with Crippen LogP contribution in [0.15, 0.2) is 18.2 Å². The van der Waals surface area contributed by atoms with Gasteiger partial charge in [0.2, 0.25) is 0 Å². The van der Waals surface area contributed by atoms with Crippen LogP contribution in [0.4, 0.5) is 0 Å². The molecule has 13 heavy (non-hydrogen) atoms. The zero-order valence-corrected chi connectivity index (χ0v) is 8.13. The molecule has 1 aliphatic rings. The number of hydrogen-bond donors (Lipinski definition) is 0. The van der Waals surface area contributed by atoms with Gasteiger partial charge in [0.25, 0.3) is 0 Å². The van der Waals surface area contributed by atoms with Gasteiger partial charge in [-0.1, -0.05) is 32.0 Å². The van der Waals surface area contributed by atoms with Crippen LogP contribution in [0.5, 0.6) is 0 Å². The zero-order valence-electron chi connectivity index (χ0n) is 8.13. The molecule has 1 aromatic rings. The number of Topliss-reactive ketones (excluding diaryl/α,β-unsaturated/α-hetero) is 1. The first-order valence-corrected chi connectivity index (χ1v) is 4.89. The molecule has 0 fully saturated rings. The zero-order chi connectivity index (χ0) is 9.42. The quantitative estimate of drug-likeness (QED) is 0.639. The van der Waals surface area contributed by atoms with Gasteiger partial charge in [0.15, 0.2) is 5.78 Å². The Morgan fingerprint density at radius 3 is 2.92 bits per heavy atom. The minimum Gasteiger partial charge on any atom is -0.294 e. The number of carbonyl (C=O) groups is 1. The van der Waals surface area contributed by atoms with Gasteiger partial charge in [0, 0.05) is 11.5 Å². The molecular formula is C12H14O. The third-order valence-corrected chi connectivity index (χ3v) is 2.88. The fourth-order valence-electron chi connectivity index (χ4n) is 2.10. The number of fused-ring (bicyclic) bond motifs is 1. The average Bonchev–Trinajstić information content (AvgIpc) is 2.43. The van der Waals surface area contributed by atoms with Crippen LogP contribution in [0.1, 0.15) is 35.3 Å². The van der Waals surface area contributed by atoms with E-state index in [0.717, 1.165) is 18.4 Å². The second-order valence-electron chi connectivity index (χ2n) is 3.77. The van der Waals surface area contributed by atoms with Gasteiger partial charge < -0.3 is 0 Å². The molecule has 1 unspecified atom stereocenters. The highest BCUT2D eigenvalue weighted by molar-refractivity contribution is 6.02. The summed E-state index contributed by atoms with van der Waals surface area (Å²) in [5.74, 6) is 0.521. The minimum absolute atomic E-state index is 0.197. The highest BCUT2D eigenvalue weighted by Gasteiger charge is 2.27. The first-order chi connectivity index (χ1) is 6.24. The van der Waals surface area contributed by atoms with E-state index in [1.54, 1.807) is 0 Å². The van der Waals surface area contributed by atoms with Crippen molar-refractivity contribution < 1.29 is 4.79 Å². The topological polar surface area (TPSA) is 17.1 Å². The Balaban J connectivity index is 2.55. The number of rotatable bonds is 1. The van der Waals surface area contributed by atoms with Crippen LogP contribution in [0, 0.1) is 5.92 Å². The average molecular weight is 174 g/mol. The minimum atomic E-state index is 0.197. The van der Waals surface area contributed by atoms with Gasteiger partial charge in [-0.3, -0.25) is 4.79 Å². The molecule has 0 spiro atoms. The largest absolute Gasteiger partial charge is 0.294 e. The summed E-state index contributed by atoms with van der Waals surface area (Å²) < 4.78 is 0. The number of aryl methyl sites for hydroxylation is 1. The van der Waals surface area contributed by atoms with E-state index < -0.39 is 0 Å². The molecule has 0 heterocycles. The Kier molecular flexibility index (Phi) is 1.95. The van der Waals surface area contributed by atoms with E-state index in [9.17, 15) is 4.79 Å². The highest BCUT2D eigenvalue weighted by Crippen LogP contribution is 2.29. The van der Waals surface area contributed by atoms with Gasteiger partial charge in [0.1, 0.15) is 0 Å². The van der Waals surface area contributed by atoms with Crippen molar-refractivity contribution in [2.24, 2.45) is 5.92 Å². The summed E-state index contributed by atoms with van der Waals surface area (Å²) in [6.45, 7) is 4.16. The molecule has 1 aromatic carbocycles. The smallest absolute Gasteiger partial charge is 0.166 e. The van der Waals surface area contributed by atoms with Gasteiger partial charge in [-0.05, 0) is 24.0 Å². The fraction of sp³-hybridized carbons (Fsp3) is 0.417. The summed E-state index contributed by atoms with van der Waals surface area (Å²) in [6, 6.07) is 6.08. The van der Waals surface area contributed by atoms with Crippen molar-refractivity contribution in [2.45, 2.75) is 26.7 Å². The molecule has 68 valence electrons. The van der Waals surface area contributed by atoms with Crippen molar-refractivity contribution in [1.29, 1.82) is 0 Å². The SMILES string of the molecule is CCc1cccc2c1CC(C)C2=O. The highest BCUT2D eigenvalue weighted by atomic mass is 16.1. The first kappa shape index (κ1) is 8.49. The van der Waals surface area contributed by atoms with Crippen LogP contribution in [-0.2, 0) is 12.8 Å². The van der Waals surface area contributed by atoms with Crippen LogP contribution in [0.25, 0.3) is 0 Å². The fourth-order valence-corrected chi connectivity index (χ4v) is 2.10. The van der Waals surface area contributed by atoms with Crippen molar-refractivity contribution in [3.63, 3.8) is 0 Å². The normalized spacial score (nSPS) is 20.5. The lowest BCUT2D eigenvalue weighted by Gasteiger charge is -2.03. The van der Waals surface area contributed by atoms with E-state index in [-0.39, 0.29) is 5.92 Å². The van der Waals surface area contributed by atoms with E-state index in [1.165, 1.54) is 11.1 Å². The van der Waals surface area contributed by atoms with Crippen molar-refractivity contribution >= 4 is 5.78 Å². The molecule has 1 atom stereocenters. The number of hydrogen-bond acceptors (Lipinski definition) is 1. The maximum absolute atomic E-state index is 11.7. The molecule has 0 saturated heterocycles. The maximum Gasteiger partial charge on any atom is 0.166 e. The van der Waals surface area contributed by atoms with E-state index in [1.807, 2.05) is 19.1 Å². The summed E-state index contributed by atoms with van der Waals surface area (Å²) in [7, 11) is 0. The Hall–Kier alpha value is -1.11. The standard InChI is InChI=1S/C12H14O/c1-3-9-5-4-6-10-11(9)7-8(2)12(10)13/h4-6,8H,3,7H2,1-2H3. The number of benzene rings is 1. The van der Waals surface area contributed by atoms with Crippen molar-refractivity contribution in [2.75, 3.05) is 0 Å². The Labute approximate surface area is 78.8 Å². The summed E-state index contributed by atoms with van der Waals surface area (Å²) in [6.07, 6.45) is 1.97. The summed E-state index contributed by atoms with van der Waals surface area (Å²) in [4.78, 5) is 11.7. The van der Waals surface area contributed by atoms with Crippen molar-refractivity contribution in [3.8, 4) is 0 Å². The summed E-state index contributed by atoms with van der Waals surface area (Å²) >= 11 is 0. The van der Waals surface area contributed by atoms with Crippen LogP contribution in [0.3, 0.4) is 0 Å². The predicted octanol–water partition coefficient (Wildman–Crippen LogP) is 2.62. The lowest BCUT2D eigenvalue weighted by atomic mass is 10.0. The molecule has 1 heteroatoms. The Morgan fingerprint density at radius 2 is 2.23 bits per heavy atom. The van der Waals surface area contributed by atoms with Crippen LogP contribution in [-0.4, -0.2) is 5.78 Å². The Morgan fingerprint density at radius 1 is 1.46 bits per heavy atom. The Bertz CT molecular complexity index is 352. The van der Waals surface area contributed by atoms with Gasteiger partial charge in [0.05, 0.1) is 0 Å². The molecular weight excluding hydrogens is 160 g/mol. The van der Waals surface area contributed by atoms with E-state index in [2.05, 4.69) is 13.0 Å². The maximum atomic E-state index is 11.7. The predicted molar refractivity (Wildman–Crippen MR) is 53.0 cm³/mol. The molecule has 2 rings (SSSR count). The van der Waals surface area contributed by atoms with Gasteiger partial charge in [-0.25, -0.2) is 0 Å². The molecule has 1 nitrogen and oxygen atoms in total. The summed E-state index contributed by atoms with van der Waals surface area (Å²) in [5.41, 5.74) is 3.60. The third kappa shape index (κ3) is 1.19. The number of carbonyl (C=O) groups excluding carboxylic acids is 1. The van der Waals surface area contributed by atoms with Crippen LogP contribution >= 0.6 is 0 Å². The molecule has 0 bridgehead atoms. The molecule has 0 aliphatic heterocycles. The monoisotopic (exact) mass is 174 g/mol. The first-order valence-electron chi connectivity index (χ1n) is 4.89. The van der Waals surface area contributed by atoms with Crippen molar-refractivity contribution in [3.05, 3.63) is 34.9 Å². The van der Waals surface area contributed by atoms with Gasteiger partial charge in [-0.15, -0.1) is 0 Å². The van der Waals surface area contributed by atoms with Gasteiger partial charge in [-0.2, -0.15) is 0 Å². The lowest BCUT2D eigenvalue weighted by molar-refractivity contribution is 0.0946. The molecule has 0 N–H and O–H groups in total. The second kappa shape index (κ2) is 2.99.